The summed E-state index contributed by atoms with van der Waals surface area (Å²) >= 11 is 0. The van der Waals surface area contributed by atoms with Gasteiger partial charge in [-0.1, -0.05) is 30.3 Å². The highest BCUT2D eigenvalue weighted by molar-refractivity contribution is 7.92. The smallest absolute Gasteiger partial charge is 0.236 e. The van der Waals surface area contributed by atoms with E-state index >= 15 is 0 Å². The van der Waals surface area contributed by atoms with Crippen LogP contribution in [-0.4, -0.2) is 81.8 Å². The quantitative estimate of drug-likeness (QED) is 0.665. The number of piperidine rings is 1. The highest BCUT2D eigenvalue weighted by atomic mass is 32.2. The average molecular weight is 456 g/mol. The Morgan fingerprint density at radius 1 is 0.900 bits per heavy atom. The zero-order chi connectivity index (χ0) is 21.8. The maximum atomic E-state index is 12.9. The molecular weight excluding hydrogens is 426 g/mol. The van der Waals surface area contributed by atoms with Crippen molar-refractivity contribution in [2.45, 2.75) is 19.3 Å². The molecule has 0 bridgehead atoms. The van der Waals surface area contributed by atoms with Gasteiger partial charge in [0, 0.05) is 50.6 Å². The molecule has 2 heterocycles. The highest BCUT2D eigenvalue weighted by Gasteiger charge is 2.33. The fourth-order valence-electron chi connectivity index (χ4n) is 3.88. The van der Waals surface area contributed by atoms with E-state index in [1.807, 2.05) is 30.3 Å². The van der Waals surface area contributed by atoms with Crippen LogP contribution in [0.25, 0.3) is 6.08 Å². The van der Waals surface area contributed by atoms with Crippen LogP contribution < -0.4 is 0 Å². The molecule has 0 aliphatic carbocycles. The lowest BCUT2D eigenvalue weighted by atomic mass is 9.96. The van der Waals surface area contributed by atoms with Crippen molar-refractivity contribution < 1.29 is 21.6 Å². The second-order valence-corrected chi connectivity index (χ2v) is 11.6. The summed E-state index contributed by atoms with van der Waals surface area (Å²) in [5.41, 5.74) is 0.815. The minimum Gasteiger partial charge on any atom is -0.341 e. The van der Waals surface area contributed by atoms with E-state index in [1.54, 1.807) is 11.0 Å². The molecule has 10 heteroatoms. The summed E-state index contributed by atoms with van der Waals surface area (Å²) < 4.78 is 51.5. The lowest BCUT2D eigenvalue weighted by molar-refractivity contribution is -0.136. The summed E-state index contributed by atoms with van der Waals surface area (Å²) in [6, 6.07) is 9.24. The maximum absolute atomic E-state index is 12.9. The van der Waals surface area contributed by atoms with Crippen LogP contribution >= 0.6 is 0 Å². The van der Waals surface area contributed by atoms with E-state index in [4.69, 9.17) is 0 Å². The van der Waals surface area contributed by atoms with Crippen molar-refractivity contribution in [3.05, 3.63) is 41.3 Å². The number of carbonyl (C=O) groups is 1. The van der Waals surface area contributed by atoms with Gasteiger partial charge in [-0.15, -0.1) is 0 Å². The van der Waals surface area contributed by atoms with E-state index in [9.17, 15) is 21.6 Å². The molecule has 3 rings (SSSR count). The summed E-state index contributed by atoms with van der Waals surface area (Å²) in [5.74, 6) is -0.221. The summed E-state index contributed by atoms with van der Waals surface area (Å²) in [5, 5.41) is 1.22. The molecule has 1 aromatic carbocycles. The first kappa shape index (κ1) is 22.9. The fourth-order valence-corrected chi connectivity index (χ4v) is 5.97. The van der Waals surface area contributed by atoms with Gasteiger partial charge in [-0.3, -0.25) is 4.79 Å². The summed E-state index contributed by atoms with van der Waals surface area (Å²) in [4.78, 5) is 14.6. The van der Waals surface area contributed by atoms with Gasteiger partial charge in [0.15, 0.2) is 0 Å². The summed E-state index contributed by atoms with van der Waals surface area (Å²) in [6.45, 7) is 2.25. The van der Waals surface area contributed by atoms with Gasteiger partial charge in [-0.25, -0.2) is 21.1 Å². The molecule has 30 heavy (non-hydrogen) atoms. The number of hydrogen-bond donors (Lipinski definition) is 0. The van der Waals surface area contributed by atoms with E-state index in [0.717, 1.165) is 5.56 Å². The summed E-state index contributed by atoms with van der Waals surface area (Å²) in [7, 11) is -6.79. The average Bonchev–Trinajstić information content (AvgIpc) is 2.99. The Morgan fingerprint density at radius 3 is 2.20 bits per heavy atom. The molecule has 0 saturated carbocycles. The number of amides is 1. The molecule has 166 valence electrons. The third-order valence-electron chi connectivity index (χ3n) is 5.63. The molecule has 2 aliphatic heterocycles. The standard InChI is InChI=1S/C20H29N3O5S2/c1-29(25,26)22-12-5-11-21(15-16-22)20(24)19-8-13-23(14-9-19)30(27,28)17-10-18-6-3-2-4-7-18/h2-4,6-7,10,17,19H,5,8-9,11-16H2,1H3/b17-10+. The Kier molecular flexibility index (Phi) is 7.33. The maximum Gasteiger partial charge on any atom is 0.236 e. The lowest BCUT2D eigenvalue weighted by Gasteiger charge is -2.32. The molecule has 0 spiro atoms. The molecule has 0 radical (unpaired) electrons. The van der Waals surface area contributed by atoms with Crippen LogP contribution in [0.3, 0.4) is 0 Å². The molecule has 2 fully saturated rings. The Balaban J connectivity index is 1.54. The van der Waals surface area contributed by atoms with E-state index in [-0.39, 0.29) is 11.8 Å². The first-order valence-corrected chi connectivity index (χ1v) is 13.5. The molecule has 2 aliphatic rings. The number of hydrogen-bond acceptors (Lipinski definition) is 5. The number of benzene rings is 1. The molecular formula is C20H29N3O5S2. The molecule has 1 amide bonds. The zero-order valence-corrected chi connectivity index (χ0v) is 18.8. The van der Waals surface area contributed by atoms with Crippen LogP contribution in [-0.2, 0) is 24.8 Å². The SMILES string of the molecule is CS(=O)(=O)N1CCCN(C(=O)C2CCN(S(=O)(=O)/C=C/c3ccccc3)CC2)CC1. The van der Waals surface area contributed by atoms with E-state index < -0.39 is 20.0 Å². The number of carbonyl (C=O) groups excluding carboxylic acids is 1. The third kappa shape index (κ3) is 5.90. The van der Waals surface area contributed by atoms with Crippen LogP contribution in [0.15, 0.2) is 35.7 Å². The van der Waals surface area contributed by atoms with Gasteiger partial charge in [0.1, 0.15) is 0 Å². The Hall–Kier alpha value is -1.75. The van der Waals surface area contributed by atoms with Gasteiger partial charge < -0.3 is 4.90 Å². The van der Waals surface area contributed by atoms with Gasteiger partial charge in [0.05, 0.1) is 6.26 Å². The van der Waals surface area contributed by atoms with Crippen molar-refractivity contribution in [2.75, 3.05) is 45.5 Å². The monoisotopic (exact) mass is 455 g/mol. The van der Waals surface area contributed by atoms with Crippen molar-refractivity contribution >= 4 is 32.0 Å². The van der Waals surface area contributed by atoms with Crippen molar-refractivity contribution in [2.24, 2.45) is 5.92 Å². The predicted molar refractivity (Wildman–Crippen MR) is 116 cm³/mol. The first-order chi connectivity index (χ1) is 14.2. The fraction of sp³-hybridized carbons (Fsp3) is 0.550. The van der Waals surface area contributed by atoms with Crippen LogP contribution in [0.5, 0.6) is 0 Å². The van der Waals surface area contributed by atoms with Crippen molar-refractivity contribution in [3.8, 4) is 0 Å². The van der Waals surface area contributed by atoms with Crippen LogP contribution in [0.4, 0.5) is 0 Å². The van der Waals surface area contributed by atoms with Crippen LogP contribution in [0.2, 0.25) is 0 Å². The van der Waals surface area contributed by atoms with Gasteiger partial charge >= 0.3 is 0 Å². The molecule has 0 N–H and O–H groups in total. The topological polar surface area (TPSA) is 95.1 Å². The Labute approximate surface area is 179 Å². The van der Waals surface area contributed by atoms with Gasteiger partial charge in [-0.05, 0) is 30.9 Å². The molecule has 0 atom stereocenters. The second kappa shape index (κ2) is 9.59. The largest absolute Gasteiger partial charge is 0.341 e. The number of nitrogens with zero attached hydrogens (tertiary/aromatic N) is 3. The van der Waals surface area contributed by atoms with Crippen molar-refractivity contribution in [1.82, 2.24) is 13.5 Å². The first-order valence-electron chi connectivity index (χ1n) is 10.1. The molecule has 2 saturated heterocycles. The second-order valence-electron chi connectivity index (χ2n) is 7.77. The van der Waals surface area contributed by atoms with Crippen LogP contribution in [0, 0.1) is 5.92 Å². The lowest BCUT2D eigenvalue weighted by Crippen LogP contribution is -2.45. The normalized spacial score (nSPS) is 21.0. The minimum absolute atomic E-state index is 0.00206. The zero-order valence-electron chi connectivity index (χ0n) is 17.2. The number of rotatable bonds is 5. The van der Waals surface area contributed by atoms with Gasteiger partial charge in [0.25, 0.3) is 0 Å². The van der Waals surface area contributed by atoms with E-state index in [1.165, 1.54) is 20.3 Å². The van der Waals surface area contributed by atoms with Crippen molar-refractivity contribution in [3.63, 3.8) is 0 Å². The van der Waals surface area contributed by atoms with E-state index in [2.05, 4.69) is 0 Å². The van der Waals surface area contributed by atoms with Crippen molar-refractivity contribution in [1.29, 1.82) is 0 Å². The minimum atomic E-state index is -3.53. The Morgan fingerprint density at radius 2 is 1.57 bits per heavy atom. The predicted octanol–water partition coefficient (Wildman–Crippen LogP) is 1.19. The Bertz CT molecular complexity index is 969. The summed E-state index contributed by atoms with van der Waals surface area (Å²) in [6.07, 6.45) is 4.33. The van der Waals surface area contributed by atoms with Gasteiger partial charge in [0.2, 0.25) is 26.0 Å². The van der Waals surface area contributed by atoms with Gasteiger partial charge in [-0.2, -0.15) is 4.31 Å². The molecule has 1 aromatic rings. The molecule has 0 aromatic heterocycles. The molecule has 0 unspecified atom stereocenters. The molecule has 8 nitrogen and oxygen atoms in total. The van der Waals surface area contributed by atoms with E-state index in [0.29, 0.717) is 58.5 Å². The highest BCUT2D eigenvalue weighted by Crippen LogP contribution is 2.23. The number of sulfonamides is 2. The third-order valence-corrected chi connectivity index (χ3v) is 8.50. The van der Waals surface area contributed by atoms with Crippen LogP contribution in [0.1, 0.15) is 24.8 Å².